The van der Waals surface area contributed by atoms with Crippen molar-refractivity contribution in [2.45, 2.75) is 19.4 Å². The molecule has 2 heterocycles. The number of methoxy groups -OCH3 is 2. The maximum Gasteiger partial charge on any atom is 0.238 e. The second-order valence-electron chi connectivity index (χ2n) is 7.73. The first kappa shape index (κ1) is 22.0. The molecule has 0 bridgehead atoms. The SMILES string of the molecule is COc1cc2c(cc1OC)C(c1cccs1)N(CC(=O)Nc1ccc(C(C)=O)cc1)CC2. The lowest BCUT2D eigenvalue weighted by Gasteiger charge is -2.37. The molecule has 0 saturated carbocycles. The number of nitrogens with one attached hydrogen (secondary N) is 1. The Morgan fingerprint density at radius 3 is 2.44 bits per heavy atom. The summed E-state index contributed by atoms with van der Waals surface area (Å²) < 4.78 is 11.0. The van der Waals surface area contributed by atoms with E-state index in [9.17, 15) is 9.59 Å². The highest BCUT2D eigenvalue weighted by Crippen LogP contribution is 2.42. The van der Waals surface area contributed by atoms with Gasteiger partial charge in [-0.2, -0.15) is 0 Å². The minimum absolute atomic E-state index is 0.000654. The molecule has 7 heteroatoms. The van der Waals surface area contributed by atoms with Gasteiger partial charge in [0.05, 0.1) is 26.8 Å². The Balaban J connectivity index is 1.58. The van der Waals surface area contributed by atoms with Crippen molar-refractivity contribution in [1.29, 1.82) is 0 Å². The maximum atomic E-state index is 12.9. The van der Waals surface area contributed by atoms with Gasteiger partial charge in [0.15, 0.2) is 17.3 Å². The number of ketones is 1. The molecule has 0 saturated heterocycles. The lowest BCUT2D eigenvalue weighted by molar-refractivity contribution is -0.117. The Morgan fingerprint density at radius 2 is 1.81 bits per heavy atom. The van der Waals surface area contributed by atoms with Crippen LogP contribution in [0.1, 0.15) is 39.3 Å². The molecule has 1 aliphatic rings. The Kier molecular flexibility index (Phi) is 6.58. The fourth-order valence-electron chi connectivity index (χ4n) is 4.12. The molecule has 0 aliphatic carbocycles. The summed E-state index contributed by atoms with van der Waals surface area (Å²) in [5.74, 6) is 1.31. The first-order valence-corrected chi connectivity index (χ1v) is 11.3. The van der Waals surface area contributed by atoms with Crippen LogP contribution in [-0.2, 0) is 11.2 Å². The summed E-state index contributed by atoms with van der Waals surface area (Å²) in [5, 5.41) is 5.01. The van der Waals surface area contributed by atoms with Gasteiger partial charge < -0.3 is 14.8 Å². The molecule has 0 fully saturated rings. The Hall–Kier alpha value is -3.16. The molecule has 1 aromatic heterocycles. The average molecular weight is 451 g/mol. The normalized spacial score (nSPS) is 15.7. The van der Waals surface area contributed by atoms with Gasteiger partial charge in [-0.3, -0.25) is 14.5 Å². The highest BCUT2D eigenvalue weighted by atomic mass is 32.1. The molecule has 1 unspecified atom stereocenters. The minimum atomic E-state index is -0.0916. The van der Waals surface area contributed by atoms with Gasteiger partial charge in [-0.1, -0.05) is 6.07 Å². The van der Waals surface area contributed by atoms with E-state index in [0.29, 0.717) is 17.0 Å². The van der Waals surface area contributed by atoms with Crippen molar-refractivity contribution in [3.05, 3.63) is 75.5 Å². The van der Waals surface area contributed by atoms with Crippen molar-refractivity contribution in [2.24, 2.45) is 0 Å². The summed E-state index contributed by atoms with van der Waals surface area (Å²) in [6.07, 6.45) is 0.818. The van der Waals surface area contributed by atoms with Crippen LogP contribution >= 0.6 is 11.3 Å². The third kappa shape index (κ3) is 4.54. The van der Waals surface area contributed by atoms with Crippen molar-refractivity contribution >= 4 is 28.7 Å². The van der Waals surface area contributed by atoms with Crippen LogP contribution in [0.25, 0.3) is 0 Å². The van der Waals surface area contributed by atoms with Crippen LogP contribution in [0.15, 0.2) is 53.9 Å². The number of Topliss-reactive ketones (excluding diaryl/α,β-unsaturated/α-hetero) is 1. The third-order valence-corrected chi connectivity index (χ3v) is 6.63. The van der Waals surface area contributed by atoms with E-state index in [2.05, 4.69) is 21.7 Å². The Morgan fingerprint density at radius 1 is 1.09 bits per heavy atom. The average Bonchev–Trinajstić information content (AvgIpc) is 3.32. The number of hydrogen-bond acceptors (Lipinski definition) is 6. The van der Waals surface area contributed by atoms with E-state index in [4.69, 9.17) is 9.47 Å². The topological polar surface area (TPSA) is 67.9 Å². The third-order valence-electron chi connectivity index (χ3n) is 5.71. The van der Waals surface area contributed by atoms with E-state index >= 15 is 0 Å². The van der Waals surface area contributed by atoms with E-state index in [0.717, 1.165) is 24.3 Å². The summed E-state index contributed by atoms with van der Waals surface area (Å²) in [7, 11) is 3.28. The molecule has 1 amide bonds. The number of hydrogen-bond donors (Lipinski definition) is 1. The predicted octanol–water partition coefficient (Wildman–Crippen LogP) is 4.55. The standard InChI is InChI=1S/C25H26N2O4S/c1-16(28)17-6-8-19(9-7-17)26-24(29)15-27-11-10-18-13-21(30-2)22(31-3)14-20(18)25(27)23-5-4-12-32-23/h4-9,12-14,25H,10-11,15H2,1-3H3,(H,26,29). The monoisotopic (exact) mass is 450 g/mol. The first-order chi connectivity index (χ1) is 15.5. The van der Waals surface area contributed by atoms with Crippen molar-refractivity contribution in [1.82, 2.24) is 4.90 Å². The summed E-state index contributed by atoms with van der Waals surface area (Å²) in [4.78, 5) is 27.7. The molecule has 6 nitrogen and oxygen atoms in total. The number of thiophene rings is 1. The van der Waals surface area contributed by atoms with E-state index in [1.165, 1.54) is 17.4 Å². The molecular weight excluding hydrogens is 424 g/mol. The van der Waals surface area contributed by atoms with Crippen LogP contribution in [0.2, 0.25) is 0 Å². The second-order valence-corrected chi connectivity index (χ2v) is 8.71. The lowest BCUT2D eigenvalue weighted by Crippen LogP contribution is -2.40. The van der Waals surface area contributed by atoms with Crippen LogP contribution in [0.3, 0.4) is 0 Å². The van der Waals surface area contributed by atoms with Gasteiger partial charge in [-0.05, 0) is 72.3 Å². The number of nitrogens with zero attached hydrogens (tertiary/aromatic N) is 1. The molecule has 0 radical (unpaired) electrons. The quantitative estimate of drug-likeness (QED) is 0.535. The smallest absolute Gasteiger partial charge is 0.238 e. The zero-order valence-corrected chi connectivity index (χ0v) is 19.2. The fourth-order valence-corrected chi connectivity index (χ4v) is 5.00. The highest BCUT2D eigenvalue weighted by molar-refractivity contribution is 7.10. The Labute approximate surface area is 191 Å². The van der Waals surface area contributed by atoms with Crippen LogP contribution in [0.4, 0.5) is 5.69 Å². The maximum absolute atomic E-state index is 12.9. The van der Waals surface area contributed by atoms with Crippen LogP contribution in [0.5, 0.6) is 11.5 Å². The van der Waals surface area contributed by atoms with Crippen molar-refractivity contribution in [3.8, 4) is 11.5 Å². The number of ether oxygens (including phenoxy) is 2. The molecule has 2 aromatic carbocycles. The van der Waals surface area contributed by atoms with Gasteiger partial charge in [0.2, 0.25) is 5.91 Å². The largest absolute Gasteiger partial charge is 0.493 e. The molecule has 1 aliphatic heterocycles. The van der Waals surface area contributed by atoms with Gasteiger partial charge in [0.1, 0.15) is 0 Å². The molecule has 1 atom stereocenters. The summed E-state index contributed by atoms with van der Waals surface area (Å²) >= 11 is 1.68. The number of benzene rings is 2. The van der Waals surface area contributed by atoms with Crippen molar-refractivity contribution in [2.75, 3.05) is 32.6 Å². The predicted molar refractivity (Wildman–Crippen MR) is 126 cm³/mol. The van der Waals surface area contributed by atoms with Gasteiger partial charge >= 0.3 is 0 Å². The molecular formula is C25H26N2O4S. The van der Waals surface area contributed by atoms with Crippen LogP contribution < -0.4 is 14.8 Å². The number of amides is 1. The first-order valence-electron chi connectivity index (χ1n) is 10.4. The summed E-state index contributed by atoms with van der Waals surface area (Å²) in [6.45, 7) is 2.53. The molecule has 3 aromatic rings. The zero-order valence-electron chi connectivity index (χ0n) is 18.4. The molecule has 0 spiro atoms. The zero-order chi connectivity index (χ0) is 22.7. The van der Waals surface area contributed by atoms with Gasteiger partial charge in [-0.15, -0.1) is 11.3 Å². The van der Waals surface area contributed by atoms with E-state index in [1.807, 2.05) is 18.2 Å². The number of carbonyl (C=O) groups is 2. The van der Waals surface area contributed by atoms with Gasteiger partial charge in [0.25, 0.3) is 0 Å². The number of fused-ring (bicyclic) bond motifs is 1. The van der Waals surface area contributed by atoms with Crippen LogP contribution in [-0.4, -0.2) is 43.9 Å². The van der Waals surface area contributed by atoms with Gasteiger partial charge in [0, 0.05) is 22.7 Å². The summed E-state index contributed by atoms with van der Waals surface area (Å²) in [6, 6.07) is 15.1. The van der Waals surface area contributed by atoms with Gasteiger partial charge in [-0.25, -0.2) is 0 Å². The molecule has 32 heavy (non-hydrogen) atoms. The molecule has 1 N–H and O–H groups in total. The molecule has 4 rings (SSSR count). The molecule has 166 valence electrons. The van der Waals surface area contributed by atoms with E-state index < -0.39 is 0 Å². The van der Waals surface area contributed by atoms with E-state index in [-0.39, 0.29) is 24.3 Å². The lowest BCUT2D eigenvalue weighted by atomic mass is 9.91. The van der Waals surface area contributed by atoms with Crippen molar-refractivity contribution < 1.29 is 19.1 Å². The van der Waals surface area contributed by atoms with Crippen molar-refractivity contribution in [3.63, 3.8) is 0 Å². The Bertz CT molecular complexity index is 1110. The number of carbonyl (C=O) groups excluding carboxylic acids is 2. The van der Waals surface area contributed by atoms with Crippen LogP contribution in [0, 0.1) is 0 Å². The highest BCUT2D eigenvalue weighted by Gasteiger charge is 2.32. The second kappa shape index (κ2) is 9.54. The minimum Gasteiger partial charge on any atom is -0.493 e. The summed E-state index contributed by atoms with van der Waals surface area (Å²) in [5.41, 5.74) is 3.64. The fraction of sp³-hybridized carbons (Fsp3) is 0.280. The number of rotatable bonds is 7. The number of anilines is 1. The van der Waals surface area contributed by atoms with E-state index in [1.54, 1.807) is 49.8 Å².